The number of nitrogens with zero attached hydrogens (tertiary/aromatic N) is 1. The highest BCUT2D eigenvalue weighted by atomic mass is 19.1. The lowest BCUT2D eigenvalue weighted by Gasteiger charge is -2.23. The zero-order chi connectivity index (χ0) is 15.0. The van der Waals surface area contributed by atoms with E-state index < -0.39 is 0 Å². The number of rotatable bonds is 9. The summed E-state index contributed by atoms with van der Waals surface area (Å²) >= 11 is 0. The van der Waals surface area contributed by atoms with Gasteiger partial charge in [-0.15, -0.1) is 0 Å². The van der Waals surface area contributed by atoms with E-state index in [4.69, 9.17) is 9.47 Å². The number of ether oxygens (including phenoxy) is 2. The summed E-state index contributed by atoms with van der Waals surface area (Å²) in [5, 5.41) is 3.17. The molecule has 1 N–H and O–H groups in total. The molecular weight excluding hydrogens is 259 g/mol. The molecule has 0 heterocycles. The molecule has 0 aliphatic heterocycles. The Morgan fingerprint density at radius 3 is 2.65 bits per heavy atom. The molecule has 5 heteroatoms. The Morgan fingerprint density at radius 2 is 2.05 bits per heavy atom. The molecule has 4 nitrogen and oxygen atoms in total. The molecule has 0 bridgehead atoms. The fourth-order valence-electron chi connectivity index (χ4n) is 2.17. The highest BCUT2D eigenvalue weighted by Gasteiger charge is 2.19. The van der Waals surface area contributed by atoms with Crippen LogP contribution in [0.2, 0.25) is 0 Å². The molecule has 1 unspecified atom stereocenters. The summed E-state index contributed by atoms with van der Waals surface area (Å²) < 4.78 is 24.4. The van der Waals surface area contributed by atoms with E-state index >= 15 is 0 Å². The maximum absolute atomic E-state index is 14.0. The standard InChI is InChI=1S/C15H25FN2O2/c1-17-13(8-9-18(2)10-11-19-3)15-12(16)6-5-7-14(15)20-4/h5-7,13,17H,8-11H2,1-4H3. The highest BCUT2D eigenvalue weighted by Crippen LogP contribution is 2.29. The third-order valence-electron chi connectivity index (χ3n) is 3.41. The average molecular weight is 284 g/mol. The van der Waals surface area contributed by atoms with Gasteiger partial charge in [-0.05, 0) is 39.2 Å². The summed E-state index contributed by atoms with van der Waals surface area (Å²) in [7, 11) is 7.13. The number of likely N-dealkylation sites (N-methyl/N-ethyl adjacent to an activating group) is 1. The molecule has 0 fully saturated rings. The van der Waals surface area contributed by atoms with Gasteiger partial charge in [-0.1, -0.05) is 6.07 Å². The summed E-state index contributed by atoms with van der Waals surface area (Å²) in [6, 6.07) is 4.85. The summed E-state index contributed by atoms with van der Waals surface area (Å²) in [6.45, 7) is 2.41. The second kappa shape index (κ2) is 8.89. The van der Waals surface area contributed by atoms with Gasteiger partial charge in [-0.2, -0.15) is 0 Å². The third-order valence-corrected chi connectivity index (χ3v) is 3.41. The van der Waals surface area contributed by atoms with Gasteiger partial charge in [0, 0.05) is 25.3 Å². The molecule has 0 aliphatic carbocycles. The number of methoxy groups -OCH3 is 2. The van der Waals surface area contributed by atoms with E-state index in [1.807, 2.05) is 14.1 Å². The SMILES string of the molecule is CNC(CCN(C)CCOC)c1c(F)cccc1OC. The van der Waals surface area contributed by atoms with Crippen LogP contribution in [0.5, 0.6) is 5.75 Å². The second-order valence-corrected chi connectivity index (χ2v) is 4.78. The van der Waals surface area contributed by atoms with Crippen molar-refractivity contribution in [2.24, 2.45) is 0 Å². The fourth-order valence-corrected chi connectivity index (χ4v) is 2.17. The Kier molecular flexibility index (Phi) is 7.51. The zero-order valence-electron chi connectivity index (χ0n) is 12.8. The van der Waals surface area contributed by atoms with Crippen LogP contribution in [0, 0.1) is 5.82 Å². The Bertz CT molecular complexity index is 401. The molecule has 1 aromatic rings. The minimum Gasteiger partial charge on any atom is -0.496 e. The first kappa shape index (κ1) is 16.9. The molecule has 0 spiro atoms. The van der Waals surface area contributed by atoms with Crippen molar-refractivity contribution in [2.45, 2.75) is 12.5 Å². The smallest absolute Gasteiger partial charge is 0.131 e. The largest absolute Gasteiger partial charge is 0.496 e. The van der Waals surface area contributed by atoms with Crippen LogP contribution < -0.4 is 10.1 Å². The molecule has 20 heavy (non-hydrogen) atoms. The first-order valence-corrected chi connectivity index (χ1v) is 6.81. The molecule has 0 radical (unpaired) electrons. The van der Waals surface area contributed by atoms with Gasteiger partial charge in [-0.3, -0.25) is 0 Å². The highest BCUT2D eigenvalue weighted by molar-refractivity contribution is 5.37. The maximum atomic E-state index is 14.0. The van der Waals surface area contributed by atoms with Gasteiger partial charge >= 0.3 is 0 Å². The minimum atomic E-state index is -0.233. The number of nitrogens with one attached hydrogen (secondary N) is 1. The van der Waals surface area contributed by atoms with Crippen LogP contribution in [-0.4, -0.2) is 52.9 Å². The molecule has 0 aliphatic rings. The van der Waals surface area contributed by atoms with E-state index in [-0.39, 0.29) is 11.9 Å². The summed E-state index contributed by atoms with van der Waals surface area (Å²) in [4.78, 5) is 2.17. The molecule has 1 atom stereocenters. The van der Waals surface area contributed by atoms with Crippen molar-refractivity contribution in [2.75, 3.05) is 48.0 Å². The lowest BCUT2D eigenvalue weighted by Crippen LogP contribution is -2.28. The minimum absolute atomic E-state index is 0.0730. The predicted octanol–water partition coefficient (Wildman–Crippen LogP) is 2.06. The topological polar surface area (TPSA) is 33.7 Å². The third kappa shape index (κ3) is 4.74. The molecule has 0 saturated carbocycles. The Hall–Kier alpha value is -1.17. The van der Waals surface area contributed by atoms with E-state index in [0.29, 0.717) is 17.9 Å². The quantitative estimate of drug-likeness (QED) is 0.752. The Labute approximate surface area is 120 Å². The van der Waals surface area contributed by atoms with Crippen LogP contribution >= 0.6 is 0 Å². The van der Waals surface area contributed by atoms with Crippen molar-refractivity contribution in [3.05, 3.63) is 29.6 Å². The lowest BCUT2D eigenvalue weighted by atomic mass is 10.0. The van der Waals surface area contributed by atoms with Crippen LogP contribution in [0.1, 0.15) is 18.0 Å². The van der Waals surface area contributed by atoms with E-state index in [1.54, 1.807) is 26.4 Å². The zero-order valence-corrected chi connectivity index (χ0v) is 12.8. The van der Waals surface area contributed by atoms with E-state index in [1.165, 1.54) is 6.07 Å². The van der Waals surface area contributed by atoms with Crippen LogP contribution in [0.4, 0.5) is 4.39 Å². The lowest BCUT2D eigenvalue weighted by molar-refractivity contribution is 0.158. The van der Waals surface area contributed by atoms with Crippen molar-refractivity contribution in [3.8, 4) is 5.75 Å². The number of benzene rings is 1. The summed E-state index contributed by atoms with van der Waals surface area (Å²) in [5.41, 5.74) is 0.595. The van der Waals surface area contributed by atoms with Crippen LogP contribution in [-0.2, 0) is 4.74 Å². The number of hydrogen-bond donors (Lipinski definition) is 1. The van der Waals surface area contributed by atoms with Gasteiger partial charge in [-0.25, -0.2) is 4.39 Å². The average Bonchev–Trinajstić information content (AvgIpc) is 2.46. The van der Waals surface area contributed by atoms with Crippen molar-refractivity contribution >= 4 is 0 Å². The maximum Gasteiger partial charge on any atom is 0.131 e. The van der Waals surface area contributed by atoms with Gasteiger partial charge in [0.1, 0.15) is 11.6 Å². The molecule has 0 aromatic heterocycles. The molecule has 0 amide bonds. The fraction of sp³-hybridized carbons (Fsp3) is 0.600. The van der Waals surface area contributed by atoms with Crippen LogP contribution in [0.3, 0.4) is 0 Å². The molecule has 1 rings (SSSR count). The molecule has 1 aromatic carbocycles. The van der Waals surface area contributed by atoms with Gasteiger partial charge in [0.2, 0.25) is 0 Å². The Balaban J connectivity index is 2.71. The number of halogens is 1. The monoisotopic (exact) mass is 284 g/mol. The molecule has 114 valence electrons. The summed E-state index contributed by atoms with van der Waals surface area (Å²) in [6.07, 6.45) is 0.800. The predicted molar refractivity (Wildman–Crippen MR) is 78.7 cm³/mol. The molecular formula is C15H25FN2O2. The first-order valence-electron chi connectivity index (χ1n) is 6.81. The molecule has 0 saturated heterocycles. The summed E-state index contributed by atoms with van der Waals surface area (Å²) in [5.74, 6) is 0.354. The van der Waals surface area contributed by atoms with Crippen molar-refractivity contribution in [3.63, 3.8) is 0 Å². The van der Waals surface area contributed by atoms with Gasteiger partial charge in [0.05, 0.1) is 13.7 Å². The first-order chi connectivity index (χ1) is 9.63. The van der Waals surface area contributed by atoms with Crippen molar-refractivity contribution in [1.29, 1.82) is 0 Å². The van der Waals surface area contributed by atoms with Crippen molar-refractivity contribution < 1.29 is 13.9 Å². The second-order valence-electron chi connectivity index (χ2n) is 4.78. The van der Waals surface area contributed by atoms with Gasteiger partial charge in [0.25, 0.3) is 0 Å². The van der Waals surface area contributed by atoms with E-state index in [0.717, 1.165) is 19.5 Å². The van der Waals surface area contributed by atoms with Gasteiger partial charge < -0.3 is 19.7 Å². The Morgan fingerprint density at radius 1 is 1.30 bits per heavy atom. The normalized spacial score (nSPS) is 12.7. The number of hydrogen-bond acceptors (Lipinski definition) is 4. The van der Waals surface area contributed by atoms with E-state index in [2.05, 4.69) is 10.2 Å². The van der Waals surface area contributed by atoms with Crippen LogP contribution in [0.15, 0.2) is 18.2 Å². The van der Waals surface area contributed by atoms with E-state index in [9.17, 15) is 4.39 Å². The van der Waals surface area contributed by atoms with Crippen LogP contribution in [0.25, 0.3) is 0 Å². The van der Waals surface area contributed by atoms with Crippen molar-refractivity contribution in [1.82, 2.24) is 10.2 Å². The van der Waals surface area contributed by atoms with Gasteiger partial charge in [0.15, 0.2) is 0 Å².